The van der Waals surface area contributed by atoms with Gasteiger partial charge in [0.1, 0.15) is 16.4 Å². The van der Waals surface area contributed by atoms with E-state index < -0.39 is 10.0 Å². The van der Waals surface area contributed by atoms with Gasteiger partial charge in [-0.1, -0.05) is 0 Å². The maximum atomic E-state index is 12.6. The molecule has 0 fully saturated rings. The topological polar surface area (TPSA) is 85.8 Å². The number of methoxy groups -OCH3 is 1. The van der Waals surface area contributed by atoms with Crippen molar-refractivity contribution in [3.05, 3.63) is 40.8 Å². The fourth-order valence-corrected chi connectivity index (χ4v) is 3.41. The minimum absolute atomic E-state index is 0.0137. The van der Waals surface area contributed by atoms with E-state index in [0.29, 0.717) is 15.9 Å². The average Bonchev–Trinajstić information content (AvgIpc) is 2.94. The summed E-state index contributed by atoms with van der Waals surface area (Å²) in [6.07, 6.45) is 1.49. The minimum atomic E-state index is -3.75. The van der Waals surface area contributed by atoms with Gasteiger partial charge >= 0.3 is 0 Å². The number of anilines is 1. The maximum Gasteiger partial charge on any atom is 0.246 e. The second-order valence-electron chi connectivity index (χ2n) is 4.37. The number of nitrogens with zero attached hydrogens (tertiary/aromatic N) is 1. The zero-order valence-electron chi connectivity index (χ0n) is 11.5. The summed E-state index contributed by atoms with van der Waals surface area (Å²) in [6.45, 7) is 0.120. The summed E-state index contributed by atoms with van der Waals surface area (Å²) in [5.74, 6) is 0.771. The minimum Gasteiger partial charge on any atom is -0.495 e. The van der Waals surface area contributed by atoms with Crippen LogP contribution in [0.1, 0.15) is 5.76 Å². The molecule has 0 atom stereocenters. The van der Waals surface area contributed by atoms with Gasteiger partial charge in [0.2, 0.25) is 10.0 Å². The molecule has 1 aromatic heterocycles. The van der Waals surface area contributed by atoms with Gasteiger partial charge in [-0.3, -0.25) is 0 Å². The highest BCUT2D eigenvalue weighted by Gasteiger charge is 2.26. The lowest BCUT2D eigenvalue weighted by Gasteiger charge is -2.18. The van der Waals surface area contributed by atoms with Crippen LogP contribution in [0, 0.1) is 0 Å². The predicted octanol–water partition coefficient (Wildman–Crippen LogP) is 2.45. The fraction of sp³-hybridized carbons (Fsp3) is 0.231. The van der Waals surface area contributed by atoms with Crippen LogP contribution in [0.25, 0.3) is 0 Å². The molecule has 0 unspecified atom stereocenters. The Balaban J connectivity index is 2.41. The summed E-state index contributed by atoms with van der Waals surface area (Å²) >= 11 is 3.24. The third kappa shape index (κ3) is 3.22. The van der Waals surface area contributed by atoms with Crippen LogP contribution in [0.15, 0.2) is 44.3 Å². The van der Waals surface area contributed by atoms with E-state index in [2.05, 4.69) is 15.9 Å². The lowest BCUT2D eigenvalue weighted by Crippen LogP contribution is -2.26. The number of sulfonamides is 1. The van der Waals surface area contributed by atoms with Crippen molar-refractivity contribution in [2.24, 2.45) is 0 Å². The van der Waals surface area contributed by atoms with E-state index in [9.17, 15) is 8.42 Å². The van der Waals surface area contributed by atoms with Gasteiger partial charge in [-0.15, -0.1) is 0 Å². The lowest BCUT2D eigenvalue weighted by atomic mass is 10.3. The maximum absolute atomic E-state index is 12.6. The molecule has 21 heavy (non-hydrogen) atoms. The van der Waals surface area contributed by atoms with E-state index in [1.165, 1.54) is 36.9 Å². The van der Waals surface area contributed by atoms with Crippen molar-refractivity contribution in [2.75, 3.05) is 19.9 Å². The molecule has 0 bridgehead atoms. The number of hydrogen-bond acceptors (Lipinski definition) is 5. The van der Waals surface area contributed by atoms with Crippen LogP contribution in [0.4, 0.5) is 5.69 Å². The van der Waals surface area contributed by atoms with Crippen molar-refractivity contribution in [3.8, 4) is 5.75 Å². The first kappa shape index (κ1) is 15.9. The molecule has 0 saturated heterocycles. The first-order valence-electron chi connectivity index (χ1n) is 5.98. The molecule has 2 rings (SSSR count). The highest BCUT2D eigenvalue weighted by Crippen LogP contribution is 2.33. The molecule has 0 aliphatic rings. The van der Waals surface area contributed by atoms with Gasteiger partial charge in [-0.05, 0) is 40.2 Å². The number of rotatable bonds is 5. The summed E-state index contributed by atoms with van der Waals surface area (Å²) in [5, 5.41) is 0. The van der Waals surface area contributed by atoms with Crippen LogP contribution in [0.3, 0.4) is 0 Å². The molecule has 0 aliphatic carbocycles. The molecule has 1 heterocycles. The molecular formula is C13H15BrN2O4S. The summed E-state index contributed by atoms with van der Waals surface area (Å²) in [7, 11) is -0.876. The van der Waals surface area contributed by atoms with Crippen LogP contribution in [0.2, 0.25) is 0 Å². The molecule has 8 heteroatoms. The molecule has 0 spiro atoms. The Morgan fingerprint density at radius 1 is 1.43 bits per heavy atom. The van der Waals surface area contributed by atoms with Crippen LogP contribution in [0.5, 0.6) is 5.75 Å². The van der Waals surface area contributed by atoms with Gasteiger partial charge in [-0.25, -0.2) is 8.42 Å². The Morgan fingerprint density at radius 3 is 2.71 bits per heavy atom. The molecule has 0 amide bonds. The van der Waals surface area contributed by atoms with Crippen LogP contribution >= 0.6 is 15.9 Å². The van der Waals surface area contributed by atoms with Crippen LogP contribution in [-0.2, 0) is 16.6 Å². The summed E-state index contributed by atoms with van der Waals surface area (Å²) in [4.78, 5) is 0.0137. The van der Waals surface area contributed by atoms with Crippen molar-refractivity contribution < 1.29 is 17.6 Å². The zero-order chi connectivity index (χ0) is 15.6. The van der Waals surface area contributed by atoms with E-state index in [1.54, 1.807) is 12.1 Å². The number of nitrogens with two attached hydrogens (primary N) is 1. The first-order valence-corrected chi connectivity index (χ1v) is 8.21. The molecule has 114 valence electrons. The smallest absolute Gasteiger partial charge is 0.246 e. The third-order valence-electron chi connectivity index (χ3n) is 2.93. The zero-order valence-corrected chi connectivity index (χ0v) is 13.9. The Hall–Kier alpha value is -1.51. The second kappa shape index (κ2) is 6.08. The molecule has 0 saturated carbocycles. The fourth-order valence-electron chi connectivity index (χ4n) is 1.79. The molecule has 2 aromatic rings. The molecule has 0 radical (unpaired) electrons. The molecular weight excluding hydrogens is 360 g/mol. The molecule has 2 N–H and O–H groups in total. The van der Waals surface area contributed by atoms with Gasteiger partial charge in [0.15, 0.2) is 0 Å². The monoisotopic (exact) mass is 374 g/mol. The molecule has 6 nitrogen and oxygen atoms in total. The van der Waals surface area contributed by atoms with Crippen molar-refractivity contribution in [2.45, 2.75) is 11.4 Å². The Labute approximate surface area is 131 Å². The Kier molecular flexibility index (Phi) is 4.60. The Morgan fingerprint density at radius 2 is 2.14 bits per heavy atom. The number of hydrogen-bond donors (Lipinski definition) is 1. The van der Waals surface area contributed by atoms with Gasteiger partial charge in [0.05, 0.1) is 19.9 Å². The van der Waals surface area contributed by atoms with E-state index in [4.69, 9.17) is 14.9 Å². The summed E-state index contributed by atoms with van der Waals surface area (Å²) in [5.41, 5.74) is 6.09. The first-order chi connectivity index (χ1) is 9.86. The number of furan rings is 1. The van der Waals surface area contributed by atoms with E-state index >= 15 is 0 Å². The number of nitrogen functional groups attached to an aromatic ring is 1. The molecule has 1 aromatic carbocycles. The normalized spacial score (nSPS) is 11.8. The lowest BCUT2D eigenvalue weighted by molar-refractivity contribution is 0.388. The van der Waals surface area contributed by atoms with Gasteiger partial charge in [-0.2, -0.15) is 4.31 Å². The predicted molar refractivity (Wildman–Crippen MR) is 82.5 cm³/mol. The summed E-state index contributed by atoms with van der Waals surface area (Å²) < 4.78 is 37.3. The van der Waals surface area contributed by atoms with Crippen molar-refractivity contribution >= 4 is 31.6 Å². The number of halogens is 1. The van der Waals surface area contributed by atoms with Gasteiger partial charge in [0, 0.05) is 17.2 Å². The van der Waals surface area contributed by atoms with Crippen LogP contribution < -0.4 is 10.5 Å². The second-order valence-corrected chi connectivity index (χ2v) is 7.23. The van der Waals surface area contributed by atoms with Gasteiger partial charge in [0.25, 0.3) is 0 Å². The molecule has 0 aliphatic heterocycles. The van der Waals surface area contributed by atoms with E-state index in [1.807, 2.05) is 0 Å². The van der Waals surface area contributed by atoms with Crippen LogP contribution in [-0.4, -0.2) is 26.9 Å². The standard InChI is InChI=1S/C13H15BrN2O4S/c1-16(8-9-4-3-5-20-9)21(17,18)13-7-11(15)10(14)6-12(13)19-2/h3-7H,8,15H2,1-2H3. The largest absolute Gasteiger partial charge is 0.495 e. The SMILES string of the molecule is COc1cc(Br)c(N)cc1S(=O)(=O)N(C)Cc1ccco1. The van der Waals surface area contributed by atoms with E-state index in [-0.39, 0.29) is 17.2 Å². The highest BCUT2D eigenvalue weighted by atomic mass is 79.9. The van der Waals surface area contributed by atoms with Crippen molar-refractivity contribution in [1.29, 1.82) is 0 Å². The highest BCUT2D eigenvalue weighted by molar-refractivity contribution is 9.10. The average molecular weight is 375 g/mol. The van der Waals surface area contributed by atoms with Gasteiger partial charge < -0.3 is 14.9 Å². The number of ether oxygens (including phenoxy) is 1. The van der Waals surface area contributed by atoms with Crippen molar-refractivity contribution in [3.63, 3.8) is 0 Å². The number of benzene rings is 1. The summed E-state index contributed by atoms with van der Waals surface area (Å²) in [6, 6.07) is 6.31. The Bertz CT molecular complexity index is 729. The quantitative estimate of drug-likeness (QED) is 0.812. The van der Waals surface area contributed by atoms with Crippen molar-refractivity contribution in [1.82, 2.24) is 4.31 Å². The third-order valence-corrected chi connectivity index (χ3v) is 5.44. The van der Waals surface area contributed by atoms with E-state index in [0.717, 1.165) is 0 Å².